The molecule has 0 unspecified atom stereocenters. The van der Waals surface area contributed by atoms with Gasteiger partial charge in [-0.2, -0.15) is 0 Å². The molecule has 0 aliphatic rings. The molecule has 4 heteroatoms. The number of fused-ring (bicyclic) bond motifs is 1. The largest absolute Gasteiger partial charge is 0.493 e. The zero-order valence-electron chi connectivity index (χ0n) is 9.60. The number of nitrogens with one attached hydrogen (secondary N) is 2. The second-order valence-corrected chi connectivity index (χ2v) is 4.26. The Bertz CT molecular complexity index is 756. The Morgan fingerprint density at radius 3 is 2.50 bits per heavy atom. The normalized spacial score (nSPS) is 10.9. The summed E-state index contributed by atoms with van der Waals surface area (Å²) in [5.74, 6) is -0.0897. The smallest absolute Gasteiger partial charge is 0.325 e. The highest BCUT2D eigenvalue weighted by molar-refractivity contribution is 5.83. The first-order chi connectivity index (χ1) is 8.72. The third kappa shape index (κ3) is 1.88. The minimum atomic E-state index is -0.386. The summed E-state index contributed by atoms with van der Waals surface area (Å²) in [7, 11) is 0. The van der Waals surface area contributed by atoms with Gasteiger partial charge in [-0.15, -0.1) is 0 Å². The third-order valence-electron chi connectivity index (χ3n) is 2.98. The molecule has 90 valence electrons. The number of hydrogen-bond donors (Lipinski definition) is 3. The van der Waals surface area contributed by atoms with E-state index in [1.54, 1.807) is 0 Å². The maximum absolute atomic E-state index is 11.0. The molecule has 0 amide bonds. The lowest BCUT2D eigenvalue weighted by Gasteiger charge is -2.02. The molecule has 4 nitrogen and oxygen atoms in total. The number of rotatable bonds is 2. The van der Waals surface area contributed by atoms with Crippen LogP contribution < -0.4 is 5.69 Å². The maximum atomic E-state index is 11.0. The molecule has 2 aromatic carbocycles. The third-order valence-corrected chi connectivity index (χ3v) is 2.98. The summed E-state index contributed by atoms with van der Waals surface area (Å²) in [5.41, 5.74) is 1.16. The summed E-state index contributed by atoms with van der Waals surface area (Å²) in [6.07, 6.45) is 0.495. The number of aromatic hydroxyl groups is 1. The van der Waals surface area contributed by atoms with Crippen molar-refractivity contribution in [3.63, 3.8) is 0 Å². The van der Waals surface area contributed by atoms with Crippen molar-refractivity contribution in [3.05, 3.63) is 64.2 Å². The lowest BCUT2D eigenvalue weighted by atomic mass is 10.0. The molecule has 0 saturated heterocycles. The zero-order valence-corrected chi connectivity index (χ0v) is 9.60. The second kappa shape index (κ2) is 4.07. The summed E-state index contributed by atoms with van der Waals surface area (Å²) in [6, 6.07) is 14.2. The Morgan fingerprint density at radius 1 is 1.00 bits per heavy atom. The molecule has 0 spiro atoms. The molecule has 0 aliphatic carbocycles. The van der Waals surface area contributed by atoms with Crippen LogP contribution in [0.5, 0.6) is 5.88 Å². The highest BCUT2D eigenvalue weighted by Gasteiger charge is 2.06. The SMILES string of the molecule is O=c1[nH]c(O)c(Cc2ccc3ccccc3c2)[nH]1. The van der Waals surface area contributed by atoms with E-state index in [9.17, 15) is 9.90 Å². The first-order valence-corrected chi connectivity index (χ1v) is 5.70. The first-order valence-electron chi connectivity index (χ1n) is 5.70. The molecular formula is C14H12N2O2. The standard InChI is InChI=1S/C14H12N2O2/c17-13-12(15-14(18)16-13)8-9-5-6-10-3-1-2-4-11(10)7-9/h1-7,17H,8H2,(H2,15,16,18). The minimum Gasteiger partial charge on any atom is -0.493 e. The molecule has 3 aromatic rings. The van der Waals surface area contributed by atoms with Crippen molar-refractivity contribution in [2.45, 2.75) is 6.42 Å². The van der Waals surface area contributed by atoms with Crippen molar-refractivity contribution in [2.24, 2.45) is 0 Å². The number of hydrogen-bond acceptors (Lipinski definition) is 2. The quantitative estimate of drug-likeness (QED) is 0.642. The Balaban J connectivity index is 2.00. The fourth-order valence-corrected chi connectivity index (χ4v) is 2.09. The highest BCUT2D eigenvalue weighted by atomic mass is 16.3. The topological polar surface area (TPSA) is 68.9 Å². The van der Waals surface area contributed by atoms with Crippen LogP contribution in [0.2, 0.25) is 0 Å². The summed E-state index contributed by atoms with van der Waals surface area (Å²) in [6.45, 7) is 0. The van der Waals surface area contributed by atoms with Gasteiger partial charge in [-0.25, -0.2) is 4.79 Å². The monoisotopic (exact) mass is 240 g/mol. The van der Waals surface area contributed by atoms with Crippen molar-refractivity contribution in [3.8, 4) is 5.88 Å². The van der Waals surface area contributed by atoms with Gasteiger partial charge in [0.05, 0.1) is 5.69 Å². The van der Waals surface area contributed by atoms with E-state index in [1.165, 1.54) is 5.39 Å². The van der Waals surface area contributed by atoms with E-state index in [-0.39, 0.29) is 11.6 Å². The number of imidazole rings is 1. The van der Waals surface area contributed by atoms with Gasteiger partial charge in [-0.1, -0.05) is 42.5 Å². The average molecular weight is 240 g/mol. The first kappa shape index (κ1) is 10.7. The van der Waals surface area contributed by atoms with Crippen molar-refractivity contribution >= 4 is 10.8 Å². The summed E-state index contributed by atoms with van der Waals surface area (Å²) in [4.78, 5) is 15.9. The van der Waals surface area contributed by atoms with E-state index in [1.807, 2.05) is 30.3 Å². The van der Waals surface area contributed by atoms with Crippen LogP contribution in [-0.4, -0.2) is 15.1 Å². The Hall–Kier alpha value is -2.49. The van der Waals surface area contributed by atoms with Gasteiger partial charge in [0.25, 0.3) is 0 Å². The van der Waals surface area contributed by atoms with Crippen LogP contribution in [-0.2, 0) is 6.42 Å². The van der Waals surface area contributed by atoms with Crippen LogP contribution in [0, 0.1) is 0 Å². The molecule has 3 rings (SSSR count). The van der Waals surface area contributed by atoms with Crippen LogP contribution in [0.3, 0.4) is 0 Å². The summed E-state index contributed by atoms with van der Waals surface area (Å²) < 4.78 is 0. The van der Waals surface area contributed by atoms with Crippen LogP contribution in [0.15, 0.2) is 47.3 Å². The van der Waals surface area contributed by atoms with E-state index < -0.39 is 0 Å². The predicted molar refractivity (Wildman–Crippen MR) is 69.8 cm³/mol. The Labute approximate surface area is 103 Å². The lowest BCUT2D eigenvalue weighted by molar-refractivity contribution is 0.450. The van der Waals surface area contributed by atoms with Gasteiger partial charge in [0.15, 0.2) is 0 Å². The second-order valence-electron chi connectivity index (χ2n) is 4.26. The zero-order chi connectivity index (χ0) is 12.5. The minimum absolute atomic E-state index is 0.0897. The van der Waals surface area contributed by atoms with E-state index in [0.29, 0.717) is 12.1 Å². The van der Waals surface area contributed by atoms with Gasteiger partial charge in [-0.05, 0) is 16.3 Å². The van der Waals surface area contributed by atoms with E-state index >= 15 is 0 Å². The number of H-pyrrole nitrogens is 2. The molecule has 3 N–H and O–H groups in total. The van der Waals surface area contributed by atoms with Gasteiger partial charge in [0, 0.05) is 6.42 Å². The molecule has 18 heavy (non-hydrogen) atoms. The van der Waals surface area contributed by atoms with Gasteiger partial charge >= 0.3 is 5.69 Å². The molecule has 0 saturated carbocycles. The van der Waals surface area contributed by atoms with E-state index in [2.05, 4.69) is 22.1 Å². The number of aromatic amines is 2. The molecule has 1 heterocycles. The van der Waals surface area contributed by atoms with Gasteiger partial charge in [-0.3, -0.25) is 4.98 Å². The van der Waals surface area contributed by atoms with Crippen LogP contribution in [0.4, 0.5) is 0 Å². The highest BCUT2D eigenvalue weighted by Crippen LogP contribution is 2.19. The van der Waals surface area contributed by atoms with Gasteiger partial charge in [0.2, 0.25) is 5.88 Å². The Morgan fingerprint density at radius 2 is 1.78 bits per heavy atom. The molecule has 0 radical (unpaired) electrons. The van der Waals surface area contributed by atoms with Crippen molar-refractivity contribution < 1.29 is 5.11 Å². The van der Waals surface area contributed by atoms with Crippen LogP contribution >= 0.6 is 0 Å². The van der Waals surface area contributed by atoms with Crippen molar-refractivity contribution in [2.75, 3.05) is 0 Å². The van der Waals surface area contributed by atoms with Crippen LogP contribution in [0.25, 0.3) is 10.8 Å². The average Bonchev–Trinajstić information content (AvgIpc) is 2.68. The van der Waals surface area contributed by atoms with Gasteiger partial charge in [0.1, 0.15) is 0 Å². The molecule has 0 bridgehead atoms. The summed E-state index contributed by atoms with van der Waals surface area (Å²) >= 11 is 0. The Kier molecular flexibility index (Phi) is 2.41. The maximum Gasteiger partial charge on any atom is 0.325 e. The molecular weight excluding hydrogens is 228 g/mol. The lowest BCUT2D eigenvalue weighted by Crippen LogP contribution is -2.01. The fourth-order valence-electron chi connectivity index (χ4n) is 2.09. The fraction of sp³-hybridized carbons (Fsp3) is 0.0714. The summed E-state index contributed by atoms with van der Waals surface area (Å²) in [5, 5.41) is 11.8. The van der Waals surface area contributed by atoms with Gasteiger partial charge < -0.3 is 10.1 Å². The van der Waals surface area contributed by atoms with Crippen molar-refractivity contribution in [1.82, 2.24) is 9.97 Å². The molecule has 0 fully saturated rings. The van der Waals surface area contributed by atoms with E-state index in [0.717, 1.165) is 10.9 Å². The van der Waals surface area contributed by atoms with E-state index in [4.69, 9.17) is 0 Å². The number of aromatic nitrogens is 2. The number of benzene rings is 2. The van der Waals surface area contributed by atoms with Crippen molar-refractivity contribution in [1.29, 1.82) is 0 Å². The molecule has 1 aromatic heterocycles. The molecule has 0 aliphatic heterocycles. The predicted octanol–water partition coefficient (Wildman–Crippen LogP) is 2.15. The van der Waals surface area contributed by atoms with Crippen LogP contribution in [0.1, 0.15) is 11.3 Å². The molecule has 0 atom stereocenters.